The fraction of sp³-hybridized carbons (Fsp3) is 0.235. The lowest BCUT2D eigenvalue weighted by atomic mass is 10.1. The zero-order valence-electron chi connectivity index (χ0n) is 11.9. The van der Waals surface area contributed by atoms with Crippen molar-refractivity contribution in [1.82, 2.24) is 9.38 Å². The first kappa shape index (κ1) is 12.9. The van der Waals surface area contributed by atoms with Crippen molar-refractivity contribution in [1.29, 1.82) is 0 Å². The summed E-state index contributed by atoms with van der Waals surface area (Å²) < 4.78 is 2.11. The van der Waals surface area contributed by atoms with E-state index in [1.54, 1.807) is 0 Å². The normalized spacial score (nSPS) is 11.2. The van der Waals surface area contributed by atoms with Crippen LogP contribution in [0.2, 0.25) is 0 Å². The van der Waals surface area contributed by atoms with Gasteiger partial charge in [-0.1, -0.05) is 31.2 Å². The van der Waals surface area contributed by atoms with Gasteiger partial charge in [0.2, 0.25) is 0 Å². The summed E-state index contributed by atoms with van der Waals surface area (Å²) >= 11 is 0. The number of nitrogens with two attached hydrogens (primary N) is 1. The number of fused-ring (bicyclic) bond motifs is 1. The summed E-state index contributed by atoms with van der Waals surface area (Å²) in [5, 5.41) is 0. The van der Waals surface area contributed by atoms with E-state index in [0.717, 1.165) is 34.6 Å². The van der Waals surface area contributed by atoms with E-state index in [1.807, 2.05) is 12.3 Å². The maximum absolute atomic E-state index is 5.69. The standard InChI is InChI=1S/C17H19N3/c1-3-13-4-6-15(7-5-13)17-12(2)20-9-8-14(11-18)10-16(20)19-17/h4-10H,3,11,18H2,1-2H3. The number of hydrogen-bond donors (Lipinski definition) is 1. The maximum atomic E-state index is 5.69. The molecule has 2 N–H and O–H groups in total. The Bertz CT molecular complexity index is 739. The molecule has 0 bridgehead atoms. The summed E-state index contributed by atoms with van der Waals surface area (Å²) in [6.07, 6.45) is 3.11. The van der Waals surface area contributed by atoms with E-state index in [9.17, 15) is 0 Å². The summed E-state index contributed by atoms with van der Waals surface area (Å²) in [7, 11) is 0. The minimum Gasteiger partial charge on any atom is -0.326 e. The molecule has 0 aliphatic carbocycles. The number of aryl methyl sites for hydroxylation is 2. The van der Waals surface area contributed by atoms with Crippen LogP contribution < -0.4 is 5.73 Å². The minimum absolute atomic E-state index is 0.545. The molecule has 0 aliphatic rings. The maximum Gasteiger partial charge on any atom is 0.137 e. The van der Waals surface area contributed by atoms with Gasteiger partial charge >= 0.3 is 0 Å². The van der Waals surface area contributed by atoms with Gasteiger partial charge < -0.3 is 10.1 Å². The smallest absolute Gasteiger partial charge is 0.137 e. The van der Waals surface area contributed by atoms with Gasteiger partial charge in [0.05, 0.1) is 5.69 Å². The molecule has 102 valence electrons. The summed E-state index contributed by atoms with van der Waals surface area (Å²) in [6.45, 7) is 4.81. The van der Waals surface area contributed by atoms with Crippen molar-refractivity contribution < 1.29 is 0 Å². The number of pyridine rings is 1. The van der Waals surface area contributed by atoms with Crippen LogP contribution in [-0.2, 0) is 13.0 Å². The summed E-state index contributed by atoms with van der Waals surface area (Å²) in [5.74, 6) is 0. The Morgan fingerprint density at radius 2 is 1.85 bits per heavy atom. The number of benzene rings is 1. The summed E-state index contributed by atoms with van der Waals surface area (Å²) in [4.78, 5) is 4.75. The third-order valence-electron chi connectivity index (χ3n) is 3.80. The van der Waals surface area contributed by atoms with E-state index >= 15 is 0 Å². The molecule has 3 aromatic rings. The molecule has 3 rings (SSSR count). The Balaban J connectivity index is 2.12. The Labute approximate surface area is 119 Å². The average Bonchev–Trinajstić information content (AvgIpc) is 2.84. The molecule has 0 fully saturated rings. The highest BCUT2D eigenvalue weighted by Crippen LogP contribution is 2.24. The molecule has 0 radical (unpaired) electrons. The fourth-order valence-corrected chi connectivity index (χ4v) is 2.51. The van der Waals surface area contributed by atoms with E-state index in [2.05, 4.69) is 48.6 Å². The Kier molecular flexibility index (Phi) is 3.28. The zero-order valence-corrected chi connectivity index (χ0v) is 11.9. The molecule has 0 amide bonds. The van der Waals surface area contributed by atoms with E-state index < -0.39 is 0 Å². The second-order valence-corrected chi connectivity index (χ2v) is 5.06. The molecule has 3 nitrogen and oxygen atoms in total. The van der Waals surface area contributed by atoms with Crippen LogP contribution in [-0.4, -0.2) is 9.38 Å². The second-order valence-electron chi connectivity index (χ2n) is 5.06. The predicted octanol–water partition coefficient (Wildman–Crippen LogP) is 3.33. The van der Waals surface area contributed by atoms with Gasteiger partial charge in [0.15, 0.2) is 0 Å². The Morgan fingerprint density at radius 3 is 2.50 bits per heavy atom. The highest BCUT2D eigenvalue weighted by molar-refractivity contribution is 5.66. The monoisotopic (exact) mass is 265 g/mol. The predicted molar refractivity (Wildman–Crippen MR) is 82.6 cm³/mol. The van der Waals surface area contributed by atoms with Gasteiger partial charge in [-0.2, -0.15) is 0 Å². The molecule has 0 aliphatic heterocycles. The van der Waals surface area contributed by atoms with Gasteiger partial charge in [0, 0.05) is 24.0 Å². The minimum atomic E-state index is 0.545. The molecule has 1 aromatic carbocycles. The third kappa shape index (κ3) is 2.10. The fourth-order valence-electron chi connectivity index (χ4n) is 2.51. The van der Waals surface area contributed by atoms with Crippen molar-refractivity contribution in [3.05, 3.63) is 59.4 Å². The van der Waals surface area contributed by atoms with Crippen LogP contribution in [0.15, 0.2) is 42.6 Å². The SMILES string of the molecule is CCc1ccc(-c2nc3cc(CN)ccn3c2C)cc1. The van der Waals surface area contributed by atoms with Crippen LogP contribution in [0.25, 0.3) is 16.9 Å². The molecule has 0 spiro atoms. The lowest BCUT2D eigenvalue weighted by Crippen LogP contribution is -1.97. The van der Waals surface area contributed by atoms with Crippen LogP contribution >= 0.6 is 0 Å². The van der Waals surface area contributed by atoms with Gasteiger partial charge in [-0.05, 0) is 36.6 Å². The molecule has 0 atom stereocenters. The topological polar surface area (TPSA) is 43.3 Å². The highest BCUT2D eigenvalue weighted by atomic mass is 15.0. The average molecular weight is 265 g/mol. The van der Waals surface area contributed by atoms with Crippen molar-refractivity contribution in [2.75, 3.05) is 0 Å². The second kappa shape index (κ2) is 5.10. The van der Waals surface area contributed by atoms with E-state index in [1.165, 1.54) is 5.56 Å². The molecule has 2 aromatic heterocycles. The molecule has 20 heavy (non-hydrogen) atoms. The van der Waals surface area contributed by atoms with Crippen molar-refractivity contribution >= 4 is 5.65 Å². The van der Waals surface area contributed by atoms with Crippen LogP contribution in [0, 0.1) is 6.92 Å². The molecular formula is C17H19N3. The van der Waals surface area contributed by atoms with Crippen LogP contribution in [0.5, 0.6) is 0 Å². The van der Waals surface area contributed by atoms with Gasteiger partial charge in [-0.25, -0.2) is 4.98 Å². The van der Waals surface area contributed by atoms with Gasteiger partial charge in [0.1, 0.15) is 5.65 Å². The van der Waals surface area contributed by atoms with Crippen molar-refractivity contribution in [2.45, 2.75) is 26.8 Å². The number of hydrogen-bond acceptors (Lipinski definition) is 2. The molecule has 2 heterocycles. The number of nitrogens with zero attached hydrogens (tertiary/aromatic N) is 2. The van der Waals surface area contributed by atoms with Crippen LogP contribution in [0.4, 0.5) is 0 Å². The Hall–Kier alpha value is -2.13. The lowest BCUT2D eigenvalue weighted by Gasteiger charge is -2.01. The number of imidazole rings is 1. The largest absolute Gasteiger partial charge is 0.326 e. The third-order valence-corrected chi connectivity index (χ3v) is 3.80. The van der Waals surface area contributed by atoms with Gasteiger partial charge in [-0.3, -0.25) is 0 Å². The van der Waals surface area contributed by atoms with Crippen molar-refractivity contribution in [3.8, 4) is 11.3 Å². The van der Waals surface area contributed by atoms with E-state index in [-0.39, 0.29) is 0 Å². The first-order valence-electron chi connectivity index (χ1n) is 7.00. The number of aromatic nitrogens is 2. The van der Waals surface area contributed by atoms with Crippen LogP contribution in [0.1, 0.15) is 23.7 Å². The molecule has 0 saturated heterocycles. The first-order chi connectivity index (χ1) is 9.72. The quantitative estimate of drug-likeness (QED) is 0.789. The molecular weight excluding hydrogens is 246 g/mol. The van der Waals surface area contributed by atoms with Gasteiger partial charge in [0.25, 0.3) is 0 Å². The highest BCUT2D eigenvalue weighted by Gasteiger charge is 2.10. The summed E-state index contributed by atoms with van der Waals surface area (Å²) in [6, 6.07) is 12.7. The molecule has 3 heteroatoms. The first-order valence-corrected chi connectivity index (χ1v) is 7.00. The molecule has 0 unspecified atom stereocenters. The lowest BCUT2D eigenvalue weighted by molar-refractivity contribution is 1.04. The number of rotatable bonds is 3. The Morgan fingerprint density at radius 1 is 1.10 bits per heavy atom. The van der Waals surface area contributed by atoms with Gasteiger partial charge in [-0.15, -0.1) is 0 Å². The van der Waals surface area contributed by atoms with E-state index in [0.29, 0.717) is 6.54 Å². The zero-order chi connectivity index (χ0) is 14.1. The van der Waals surface area contributed by atoms with E-state index in [4.69, 9.17) is 10.7 Å². The van der Waals surface area contributed by atoms with Crippen LogP contribution in [0.3, 0.4) is 0 Å². The van der Waals surface area contributed by atoms with Crippen molar-refractivity contribution in [3.63, 3.8) is 0 Å². The molecule has 0 saturated carbocycles. The van der Waals surface area contributed by atoms with Crippen molar-refractivity contribution in [2.24, 2.45) is 5.73 Å². The summed E-state index contributed by atoms with van der Waals surface area (Å²) in [5.41, 5.74) is 12.5.